The highest BCUT2D eigenvalue weighted by atomic mass is 79.9. The Morgan fingerprint density at radius 2 is 2.29 bits per heavy atom. The SMILES string of the molecule is CCC(Oc1c(Br)cccc1[N+](=O)[O-])C(N)=O. The summed E-state index contributed by atoms with van der Waals surface area (Å²) >= 11 is 3.14. The molecule has 7 heteroatoms. The number of nitro benzene ring substituents is 1. The maximum atomic E-state index is 11.0. The Morgan fingerprint density at radius 3 is 2.76 bits per heavy atom. The van der Waals surface area contributed by atoms with Gasteiger partial charge in [0.05, 0.1) is 9.40 Å². The van der Waals surface area contributed by atoms with Gasteiger partial charge in [-0.15, -0.1) is 0 Å². The topological polar surface area (TPSA) is 95.5 Å². The first-order valence-corrected chi connectivity index (χ1v) is 5.65. The van der Waals surface area contributed by atoms with Crippen LogP contribution >= 0.6 is 15.9 Å². The van der Waals surface area contributed by atoms with Crippen molar-refractivity contribution in [2.24, 2.45) is 5.73 Å². The minimum atomic E-state index is -0.882. The number of amides is 1. The first-order chi connectivity index (χ1) is 7.97. The predicted molar refractivity (Wildman–Crippen MR) is 64.7 cm³/mol. The standard InChI is InChI=1S/C10H11BrN2O4/c1-2-8(10(12)14)17-9-6(11)4-3-5-7(9)13(15)16/h3-5,8H,2H2,1H3,(H2,12,14). The minimum absolute atomic E-state index is 0.0168. The number of hydrogen-bond acceptors (Lipinski definition) is 4. The summed E-state index contributed by atoms with van der Waals surface area (Å²) in [5.41, 5.74) is 4.91. The lowest BCUT2D eigenvalue weighted by molar-refractivity contribution is -0.386. The van der Waals surface area contributed by atoms with Crippen LogP contribution in [-0.2, 0) is 4.79 Å². The molecule has 0 saturated heterocycles. The van der Waals surface area contributed by atoms with Gasteiger partial charge in [-0.25, -0.2) is 0 Å². The second kappa shape index (κ2) is 5.62. The van der Waals surface area contributed by atoms with Gasteiger partial charge >= 0.3 is 5.69 Å². The van der Waals surface area contributed by atoms with Crippen LogP contribution in [0.2, 0.25) is 0 Å². The number of rotatable bonds is 5. The summed E-state index contributed by atoms with van der Waals surface area (Å²) in [6.07, 6.45) is -0.541. The van der Waals surface area contributed by atoms with Crippen molar-refractivity contribution in [1.82, 2.24) is 0 Å². The van der Waals surface area contributed by atoms with Crippen molar-refractivity contribution in [2.45, 2.75) is 19.4 Å². The number of benzene rings is 1. The molecule has 1 atom stereocenters. The first kappa shape index (κ1) is 13.4. The lowest BCUT2D eigenvalue weighted by Gasteiger charge is -2.14. The second-order valence-corrected chi connectivity index (χ2v) is 4.12. The summed E-state index contributed by atoms with van der Waals surface area (Å²) in [5, 5.41) is 10.8. The van der Waals surface area contributed by atoms with Gasteiger partial charge in [0.15, 0.2) is 6.10 Å². The van der Waals surface area contributed by atoms with E-state index in [0.29, 0.717) is 10.9 Å². The summed E-state index contributed by atoms with van der Waals surface area (Å²) in [6.45, 7) is 1.71. The van der Waals surface area contributed by atoms with Crippen LogP contribution in [-0.4, -0.2) is 16.9 Å². The highest BCUT2D eigenvalue weighted by Crippen LogP contribution is 2.35. The zero-order valence-electron chi connectivity index (χ0n) is 9.05. The summed E-state index contributed by atoms with van der Waals surface area (Å²) in [5.74, 6) is -0.638. The van der Waals surface area contributed by atoms with Crippen LogP contribution in [0, 0.1) is 10.1 Å². The molecule has 0 heterocycles. The van der Waals surface area contributed by atoms with Crippen LogP contribution in [0.3, 0.4) is 0 Å². The number of ether oxygens (including phenoxy) is 1. The summed E-state index contributed by atoms with van der Waals surface area (Å²) in [7, 11) is 0. The molecule has 1 rings (SSSR count). The molecule has 1 aromatic carbocycles. The Kier molecular flexibility index (Phi) is 4.45. The Bertz CT molecular complexity index is 450. The minimum Gasteiger partial charge on any atom is -0.473 e. The molecule has 0 aliphatic rings. The van der Waals surface area contributed by atoms with E-state index in [-0.39, 0.29) is 11.4 Å². The molecule has 0 fully saturated rings. The zero-order chi connectivity index (χ0) is 13.0. The number of primary amides is 1. The van der Waals surface area contributed by atoms with Crippen molar-refractivity contribution in [3.05, 3.63) is 32.8 Å². The molecule has 1 unspecified atom stereocenters. The van der Waals surface area contributed by atoms with Gasteiger partial charge in [0.1, 0.15) is 0 Å². The van der Waals surface area contributed by atoms with E-state index in [9.17, 15) is 14.9 Å². The molecule has 6 nitrogen and oxygen atoms in total. The molecule has 17 heavy (non-hydrogen) atoms. The lowest BCUT2D eigenvalue weighted by atomic mass is 10.2. The molecule has 0 aliphatic heterocycles. The fourth-order valence-electron chi connectivity index (χ4n) is 1.24. The number of carbonyl (C=O) groups is 1. The number of hydrogen-bond donors (Lipinski definition) is 1. The van der Waals surface area contributed by atoms with Crippen molar-refractivity contribution in [2.75, 3.05) is 0 Å². The van der Waals surface area contributed by atoms with Gasteiger partial charge in [-0.2, -0.15) is 0 Å². The van der Waals surface area contributed by atoms with Gasteiger partial charge in [0.25, 0.3) is 5.91 Å². The largest absolute Gasteiger partial charge is 0.473 e. The maximum Gasteiger partial charge on any atom is 0.312 e. The third kappa shape index (κ3) is 3.16. The van der Waals surface area contributed by atoms with Crippen molar-refractivity contribution >= 4 is 27.5 Å². The molecule has 0 saturated carbocycles. The highest BCUT2D eigenvalue weighted by molar-refractivity contribution is 9.10. The normalized spacial score (nSPS) is 11.9. The van der Waals surface area contributed by atoms with Gasteiger partial charge in [0.2, 0.25) is 5.75 Å². The van der Waals surface area contributed by atoms with Crippen LogP contribution in [0.5, 0.6) is 5.75 Å². The van der Waals surface area contributed by atoms with E-state index in [1.807, 2.05) is 0 Å². The molecule has 0 bridgehead atoms. The zero-order valence-corrected chi connectivity index (χ0v) is 10.6. The van der Waals surface area contributed by atoms with E-state index in [1.54, 1.807) is 13.0 Å². The highest BCUT2D eigenvalue weighted by Gasteiger charge is 2.23. The number of carbonyl (C=O) groups excluding carboxylic acids is 1. The van der Waals surface area contributed by atoms with Crippen LogP contribution < -0.4 is 10.5 Å². The van der Waals surface area contributed by atoms with E-state index >= 15 is 0 Å². The fourth-order valence-corrected chi connectivity index (χ4v) is 1.69. The third-order valence-electron chi connectivity index (χ3n) is 2.09. The molecule has 0 radical (unpaired) electrons. The third-order valence-corrected chi connectivity index (χ3v) is 2.72. The Hall–Kier alpha value is -1.63. The van der Waals surface area contributed by atoms with E-state index in [4.69, 9.17) is 10.5 Å². The van der Waals surface area contributed by atoms with Crippen LogP contribution in [0.1, 0.15) is 13.3 Å². The number of nitrogens with two attached hydrogens (primary N) is 1. The number of para-hydroxylation sites is 1. The molecule has 92 valence electrons. The Morgan fingerprint density at radius 1 is 1.65 bits per heavy atom. The van der Waals surface area contributed by atoms with Gasteiger partial charge in [-0.1, -0.05) is 13.0 Å². The predicted octanol–water partition coefficient (Wildman–Crippen LogP) is 2.00. The average molecular weight is 303 g/mol. The summed E-state index contributed by atoms with van der Waals surface area (Å²) in [6, 6.07) is 4.41. The smallest absolute Gasteiger partial charge is 0.312 e. The van der Waals surface area contributed by atoms with Crippen molar-refractivity contribution < 1.29 is 14.5 Å². The molecule has 0 aromatic heterocycles. The molecule has 1 aromatic rings. The Labute approximate surface area is 106 Å². The monoisotopic (exact) mass is 302 g/mol. The lowest BCUT2D eigenvalue weighted by Crippen LogP contribution is -2.33. The quantitative estimate of drug-likeness (QED) is 0.664. The van der Waals surface area contributed by atoms with E-state index in [1.165, 1.54) is 12.1 Å². The molecule has 0 aliphatic carbocycles. The van der Waals surface area contributed by atoms with Crippen LogP contribution in [0.25, 0.3) is 0 Å². The van der Waals surface area contributed by atoms with E-state index < -0.39 is 16.9 Å². The van der Waals surface area contributed by atoms with Gasteiger partial charge < -0.3 is 10.5 Å². The van der Waals surface area contributed by atoms with Gasteiger partial charge in [-0.3, -0.25) is 14.9 Å². The Balaban J connectivity index is 3.12. The average Bonchev–Trinajstić information content (AvgIpc) is 2.26. The first-order valence-electron chi connectivity index (χ1n) is 4.86. The van der Waals surface area contributed by atoms with E-state index in [0.717, 1.165) is 0 Å². The number of nitro groups is 1. The van der Waals surface area contributed by atoms with Crippen molar-refractivity contribution in [3.8, 4) is 5.75 Å². The molecule has 0 spiro atoms. The fraction of sp³-hybridized carbons (Fsp3) is 0.300. The van der Waals surface area contributed by atoms with Crippen molar-refractivity contribution in [3.63, 3.8) is 0 Å². The van der Waals surface area contributed by atoms with Crippen LogP contribution in [0.15, 0.2) is 22.7 Å². The molecular formula is C10H11BrN2O4. The van der Waals surface area contributed by atoms with Crippen molar-refractivity contribution in [1.29, 1.82) is 0 Å². The number of halogens is 1. The molecular weight excluding hydrogens is 292 g/mol. The number of nitrogens with zero attached hydrogens (tertiary/aromatic N) is 1. The molecule has 1 amide bonds. The van der Waals surface area contributed by atoms with Gasteiger partial charge in [0, 0.05) is 6.07 Å². The second-order valence-electron chi connectivity index (χ2n) is 3.26. The van der Waals surface area contributed by atoms with Gasteiger partial charge in [-0.05, 0) is 28.4 Å². The summed E-state index contributed by atoms with van der Waals surface area (Å²) < 4.78 is 5.69. The maximum absolute atomic E-state index is 11.0. The van der Waals surface area contributed by atoms with E-state index in [2.05, 4.69) is 15.9 Å². The molecule has 2 N–H and O–H groups in total. The summed E-state index contributed by atoms with van der Waals surface area (Å²) in [4.78, 5) is 21.3. The van der Waals surface area contributed by atoms with Crippen LogP contribution in [0.4, 0.5) is 5.69 Å².